The first-order valence-electron chi connectivity index (χ1n) is 4.70. The molecule has 6 heteroatoms. The Labute approximate surface area is 74.6 Å². The molecule has 0 radical (unpaired) electrons. The topological polar surface area (TPSA) is 128 Å². The Morgan fingerprint density at radius 3 is 2.75 bits per heavy atom. The fourth-order valence-corrected chi connectivity index (χ4v) is 0.445. The summed E-state index contributed by atoms with van der Waals surface area (Å²) in [7, 11) is 0. The molecule has 0 heterocycles. The van der Waals surface area contributed by atoms with Gasteiger partial charge in [0.1, 0.15) is 6.02 Å². The third kappa shape index (κ3) is 5.48. The van der Waals surface area contributed by atoms with E-state index in [9.17, 15) is 4.79 Å². The van der Waals surface area contributed by atoms with Gasteiger partial charge in [-0.1, -0.05) is 0 Å². The smallest absolute Gasteiger partial charge is 0.320 e. The number of carboxylic acid groups (broad SMARTS) is 1. The summed E-state index contributed by atoms with van der Waals surface area (Å²) in [5.74, 6) is -1.97. The van der Waals surface area contributed by atoms with Crippen LogP contribution < -0.4 is 17.2 Å². The predicted molar refractivity (Wildman–Crippen MR) is 45.5 cm³/mol. The molecule has 0 fully saturated rings. The monoisotopic (exact) mass is 179 g/mol. The largest absolute Gasteiger partial charge is 0.480 e. The molecule has 6 nitrogen and oxygen atoms in total. The van der Waals surface area contributed by atoms with Crippen LogP contribution in [0, 0.1) is 0 Å². The third-order valence-corrected chi connectivity index (χ3v) is 0.989. The fraction of sp³-hybridized carbons (Fsp3) is 0.667. The number of guanidine groups is 1. The van der Waals surface area contributed by atoms with Crippen molar-refractivity contribution in [3.8, 4) is 0 Å². The van der Waals surface area contributed by atoms with E-state index in [-0.39, 0.29) is 6.42 Å². The van der Waals surface area contributed by atoms with Gasteiger partial charge >= 0.3 is 5.97 Å². The molecule has 0 aromatic carbocycles. The molecule has 0 aromatic heterocycles. The van der Waals surface area contributed by atoms with Gasteiger partial charge in [-0.05, 0) is 12.8 Å². The molecule has 0 aliphatic rings. The molecule has 0 spiro atoms. The first-order valence-corrected chi connectivity index (χ1v) is 3.20. The van der Waals surface area contributed by atoms with Gasteiger partial charge in [0.25, 0.3) is 0 Å². The van der Waals surface area contributed by atoms with Crippen molar-refractivity contribution in [1.82, 2.24) is 0 Å². The van der Waals surface area contributed by atoms with Crippen LogP contribution in [0.4, 0.5) is 0 Å². The summed E-state index contributed by atoms with van der Waals surface area (Å²) in [5.41, 5.74) is 15.0. The highest BCUT2D eigenvalue weighted by molar-refractivity contribution is 5.75. The molecule has 0 saturated heterocycles. The van der Waals surface area contributed by atoms with Gasteiger partial charge in [0.05, 0.1) is 4.11 Å². The fourth-order valence-electron chi connectivity index (χ4n) is 0.445. The molecule has 12 heavy (non-hydrogen) atoms. The summed E-state index contributed by atoms with van der Waals surface area (Å²) in [6.07, 6.45) is -0.747. The molecule has 70 valence electrons. The van der Waals surface area contributed by atoms with Crippen molar-refractivity contribution in [2.75, 3.05) is 6.50 Å². The number of carboxylic acids is 1. The van der Waals surface area contributed by atoms with Crippen LogP contribution >= 0.6 is 0 Å². The summed E-state index contributed by atoms with van der Waals surface area (Å²) in [5, 5.41) is 8.50. The molecule has 1 atom stereocenters. The van der Waals surface area contributed by atoms with Crippen LogP contribution in [0.2, 0.25) is 0 Å². The molecule has 0 unspecified atom stereocenters. The maximum Gasteiger partial charge on any atom is 0.320 e. The van der Waals surface area contributed by atoms with Gasteiger partial charge < -0.3 is 22.3 Å². The molecule has 0 aliphatic heterocycles. The van der Waals surface area contributed by atoms with Crippen molar-refractivity contribution in [3.63, 3.8) is 0 Å². The van der Waals surface area contributed by atoms with E-state index in [0.29, 0.717) is 0 Å². The molecule has 0 aliphatic carbocycles. The zero-order valence-electron chi connectivity index (χ0n) is 9.45. The molecule has 0 amide bonds. The lowest BCUT2D eigenvalue weighted by atomic mass is 10.4. The van der Waals surface area contributed by atoms with Crippen molar-refractivity contribution in [1.29, 1.82) is 0 Å². The van der Waals surface area contributed by atoms with Crippen LogP contribution in [0.3, 0.4) is 0 Å². The molecule has 7 N–H and O–H groups in total. The van der Waals surface area contributed by atoms with Gasteiger partial charge in [0.15, 0.2) is 5.96 Å². The molecule has 0 rings (SSSR count). The SMILES string of the molecule is [2H][13C]([2H])(CC[13C@@]([2H])(N)C(=O)O)N=C(N)N. The van der Waals surface area contributed by atoms with Gasteiger partial charge in [0, 0.05) is 6.50 Å². The number of rotatable bonds is 5. The van der Waals surface area contributed by atoms with Gasteiger partial charge in [-0.15, -0.1) is 0 Å². The summed E-state index contributed by atoms with van der Waals surface area (Å²) in [6, 6.07) is -2.23. The lowest BCUT2D eigenvalue weighted by Crippen LogP contribution is -2.30. The maximum atomic E-state index is 10.4. The molecule has 0 bridgehead atoms. The van der Waals surface area contributed by atoms with E-state index < -0.39 is 30.9 Å². The lowest BCUT2D eigenvalue weighted by molar-refractivity contribution is -0.138. The summed E-state index contributed by atoms with van der Waals surface area (Å²) in [6.45, 7) is -2.11. The summed E-state index contributed by atoms with van der Waals surface area (Å²) < 4.78 is 21.7. The van der Waals surface area contributed by atoms with Crippen LogP contribution in [0.15, 0.2) is 4.99 Å². The molecular formula is C6H14N4O2. The van der Waals surface area contributed by atoms with Gasteiger partial charge in [-0.25, -0.2) is 0 Å². The average molecular weight is 179 g/mol. The normalized spacial score (nSPS) is 19.6. The van der Waals surface area contributed by atoms with Crippen LogP contribution in [-0.2, 0) is 4.79 Å². The van der Waals surface area contributed by atoms with E-state index in [4.69, 9.17) is 26.4 Å². The van der Waals surface area contributed by atoms with Crippen molar-refractivity contribution >= 4 is 11.9 Å². The first-order chi connectivity index (χ1) is 6.57. The van der Waals surface area contributed by atoms with Gasteiger partial charge in [-0.3, -0.25) is 9.79 Å². The van der Waals surface area contributed by atoms with Crippen LogP contribution in [-0.4, -0.2) is 29.6 Å². The van der Waals surface area contributed by atoms with Crippen molar-refractivity contribution in [2.45, 2.75) is 18.9 Å². The highest BCUT2D eigenvalue weighted by atomic mass is 16.4. The van der Waals surface area contributed by atoms with Gasteiger partial charge in [-0.2, -0.15) is 0 Å². The zero-order valence-corrected chi connectivity index (χ0v) is 6.45. The maximum absolute atomic E-state index is 10.4. The second-order valence-corrected chi connectivity index (χ2v) is 2.03. The van der Waals surface area contributed by atoms with Crippen molar-refractivity contribution in [2.24, 2.45) is 22.2 Å². The predicted octanol–water partition coefficient (Wildman–Crippen LogP) is -1.55. The van der Waals surface area contributed by atoms with Crippen LogP contribution in [0.5, 0.6) is 0 Å². The number of hydrogen-bond acceptors (Lipinski definition) is 3. The Kier molecular flexibility index (Phi) is 2.79. The number of hydrogen-bond donors (Lipinski definition) is 4. The number of nitrogens with zero attached hydrogens (tertiary/aromatic N) is 1. The molecule has 0 aromatic rings. The van der Waals surface area contributed by atoms with E-state index >= 15 is 0 Å². The summed E-state index contributed by atoms with van der Waals surface area (Å²) in [4.78, 5) is 13.7. The second kappa shape index (κ2) is 5.36. The van der Waals surface area contributed by atoms with E-state index in [0.717, 1.165) is 0 Å². The van der Waals surface area contributed by atoms with E-state index in [1.807, 2.05) is 0 Å². The Balaban J connectivity index is 4.39. The third-order valence-electron chi connectivity index (χ3n) is 0.989. The lowest BCUT2D eigenvalue weighted by Gasteiger charge is -2.03. The Bertz CT molecular complexity index is 276. The Hall–Kier alpha value is -1.30. The minimum Gasteiger partial charge on any atom is -0.480 e. The van der Waals surface area contributed by atoms with Crippen LogP contribution in [0.25, 0.3) is 0 Å². The zero-order chi connectivity index (χ0) is 12.3. The van der Waals surface area contributed by atoms with E-state index in [1.54, 1.807) is 0 Å². The minimum absolute atomic E-state index is 0.350. The summed E-state index contributed by atoms with van der Waals surface area (Å²) >= 11 is 0. The number of aliphatic carboxylic acids is 1. The number of carbonyl (C=O) groups is 1. The van der Waals surface area contributed by atoms with Gasteiger partial charge in [0.2, 0.25) is 0 Å². The first kappa shape index (κ1) is 6.24. The Morgan fingerprint density at radius 2 is 2.33 bits per heavy atom. The standard InChI is InChI=1S/C6H14N4O2/c7-4(5(11)12)2-1-3-10-6(8)9/h4H,1-3,7H2,(H,11,12)(H4,8,9,10)/t4-/m1/s1/i3+1D2,4+1D. The van der Waals surface area contributed by atoms with E-state index in [1.165, 1.54) is 0 Å². The highest BCUT2D eigenvalue weighted by Gasteiger charge is 2.09. The van der Waals surface area contributed by atoms with Crippen molar-refractivity contribution in [3.05, 3.63) is 0 Å². The van der Waals surface area contributed by atoms with Crippen LogP contribution in [0.1, 0.15) is 17.0 Å². The quantitative estimate of drug-likeness (QED) is 0.231. The Morgan fingerprint density at radius 1 is 1.75 bits per heavy atom. The second-order valence-electron chi connectivity index (χ2n) is 2.03. The van der Waals surface area contributed by atoms with Crippen molar-refractivity contribution < 1.29 is 14.0 Å². The molecular weight excluding hydrogens is 162 g/mol. The number of nitrogens with two attached hydrogens (primary N) is 3. The average Bonchev–Trinajstić information content (AvgIpc) is 1.98. The minimum atomic E-state index is -2.23. The highest BCUT2D eigenvalue weighted by Crippen LogP contribution is 1.94. The van der Waals surface area contributed by atoms with E-state index in [2.05, 4.69) is 4.99 Å². The molecule has 0 saturated carbocycles. The number of aliphatic imine (C=N–C) groups is 1.